The van der Waals surface area contributed by atoms with Crippen molar-refractivity contribution in [3.05, 3.63) is 22.2 Å². The van der Waals surface area contributed by atoms with Crippen LogP contribution in [0.15, 0.2) is 16.6 Å². The second kappa shape index (κ2) is 10.1. The third-order valence-corrected chi connectivity index (χ3v) is 5.39. The van der Waals surface area contributed by atoms with E-state index in [0.717, 1.165) is 48.1 Å². The van der Waals surface area contributed by atoms with Gasteiger partial charge in [0, 0.05) is 36.7 Å². The number of benzene rings is 1. The third-order valence-electron chi connectivity index (χ3n) is 4.71. The Hall–Kier alpha value is -0.200. The lowest BCUT2D eigenvalue weighted by atomic mass is 9.98. The Kier molecular flexibility index (Phi) is 9.17. The third kappa shape index (κ3) is 5.15. The molecule has 1 aliphatic heterocycles. The largest absolute Gasteiger partial charge is 0.493 e. The molecule has 0 amide bonds. The van der Waals surface area contributed by atoms with E-state index < -0.39 is 0 Å². The van der Waals surface area contributed by atoms with E-state index in [2.05, 4.69) is 32.2 Å². The molecule has 1 aromatic carbocycles. The first-order valence-electron chi connectivity index (χ1n) is 8.09. The Balaban J connectivity index is 0.00000144. The van der Waals surface area contributed by atoms with Crippen molar-refractivity contribution in [1.29, 1.82) is 0 Å². The van der Waals surface area contributed by atoms with Crippen molar-refractivity contribution in [3.63, 3.8) is 0 Å². The molecule has 1 heterocycles. The van der Waals surface area contributed by atoms with Gasteiger partial charge in [-0.15, -0.1) is 24.8 Å². The van der Waals surface area contributed by atoms with E-state index in [9.17, 15) is 0 Å². The lowest BCUT2D eigenvalue weighted by Crippen LogP contribution is -2.45. The smallest absolute Gasteiger partial charge is 0.161 e. The predicted octanol–water partition coefficient (Wildman–Crippen LogP) is 4.06. The summed E-state index contributed by atoms with van der Waals surface area (Å²) in [6, 6.07) is 4.65. The highest BCUT2D eigenvalue weighted by atomic mass is 79.9. The Labute approximate surface area is 165 Å². The number of hydrogen-bond acceptors (Lipinski definition) is 4. The molecule has 7 heteroatoms. The van der Waals surface area contributed by atoms with E-state index in [1.54, 1.807) is 14.2 Å². The number of nitrogens with one attached hydrogen (secondary N) is 1. The molecule has 2 fully saturated rings. The Bertz CT molecular complexity index is 524. The van der Waals surface area contributed by atoms with Crippen LogP contribution in [0, 0.1) is 5.92 Å². The number of halogens is 3. The molecule has 138 valence electrons. The van der Waals surface area contributed by atoms with Crippen molar-refractivity contribution >= 4 is 40.7 Å². The van der Waals surface area contributed by atoms with Crippen molar-refractivity contribution in [1.82, 2.24) is 10.2 Å². The number of nitrogens with zero attached hydrogens (tertiary/aromatic N) is 1. The number of ether oxygens (including phenoxy) is 2. The van der Waals surface area contributed by atoms with Crippen molar-refractivity contribution in [2.75, 3.05) is 40.4 Å². The number of hydrogen-bond donors (Lipinski definition) is 1. The normalized spacial score (nSPS) is 19.0. The molecule has 1 aliphatic carbocycles. The molecule has 1 N–H and O–H groups in total. The molecule has 1 aromatic rings. The summed E-state index contributed by atoms with van der Waals surface area (Å²) in [4.78, 5) is 2.61. The molecule has 0 radical (unpaired) electrons. The van der Waals surface area contributed by atoms with Crippen LogP contribution in [0.4, 0.5) is 0 Å². The summed E-state index contributed by atoms with van der Waals surface area (Å²) in [5, 5.41) is 3.45. The predicted molar refractivity (Wildman–Crippen MR) is 106 cm³/mol. The van der Waals surface area contributed by atoms with E-state index in [0.29, 0.717) is 6.04 Å². The molecular formula is C17H27BrCl2N2O2. The zero-order valence-electron chi connectivity index (χ0n) is 14.2. The van der Waals surface area contributed by atoms with Crippen LogP contribution in [0.5, 0.6) is 11.5 Å². The van der Waals surface area contributed by atoms with Crippen molar-refractivity contribution in [2.45, 2.75) is 25.3 Å². The first-order valence-corrected chi connectivity index (χ1v) is 8.88. The summed E-state index contributed by atoms with van der Waals surface area (Å²) < 4.78 is 12.0. The van der Waals surface area contributed by atoms with Gasteiger partial charge >= 0.3 is 0 Å². The second-order valence-corrected chi connectivity index (χ2v) is 7.06. The SMILES string of the molecule is COc1cc(Br)c([C@@H](CC2CC2)N2CCNCC2)cc1OC.Cl.Cl. The molecule has 0 bridgehead atoms. The van der Waals surface area contributed by atoms with Gasteiger partial charge in [-0.2, -0.15) is 0 Å². The number of methoxy groups -OCH3 is 2. The van der Waals surface area contributed by atoms with Crippen LogP contribution in [0.2, 0.25) is 0 Å². The fourth-order valence-electron chi connectivity index (χ4n) is 3.26. The highest BCUT2D eigenvalue weighted by molar-refractivity contribution is 9.10. The highest BCUT2D eigenvalue weighted by Gasteiger charge is 2.32. The minimum absolute atomic E-state index is 0. The quantitative estimate of drug-likeness (QED) is 0.721. The Morgan fingerprint density at radius 3 is 2.25 bits per heavy atom. The second-order valence-electron chi connectivity index (χ2n) is 6.21. The van der Waals surface area contributed by atoms with Crippen LogP contribution in [0.25, 0.3) is 0 Å². The number of rotatable bonds is 6. The summed E-state index contributed by atoms with van der Waals surface area (Å²) in [7, 11) is 3.39. The molecule has 1 atom stereocenters. The summed E-state index contributed by atoms with van der Waals surface area (Å²) in [6.07, 6.45) is 4.01. The molecule has 0 aromatic heterocycles. The summed E-state index contributed by atoms with van der Waals surface area (Å²) in [5.41, 5.74) is 1.33. The summed E-state index contributed by atoms with van der Waals surface area (Å²) in [6.45, 7) is 4.37. The van der Waals surface area contributed by atoms with Gasteiger partial charge in [0.05, 0.1) is 14.2 Å². The van der Waals surface area contributed by atoms with Crippen LogP contribution in [-0.2, 0) is 0 Å². The molecule has 24 heavy (non-hydrogen) atoms. The van der Waals surface area contributed by atoms with Crippen molar-refractivity contribution in [3.8, 4) is 11.5 Å². The summed E-state index contributed by atoms with van der Waals surface area (Å²) >= 11 is 3.75. The highest BCUT2D eigenvalue weighted by Crippen LogP contribution is 2.44. The van der Waals surface area contributed by atoms with Crippen molar-refractivity contribution < 1.29 is 9.47 Å². The van der Waals surface area contributed by atoms with Gasteiger partial charge in [-0.25, -0.2) is 0 Å². The number of piperazine rings is 1. The first kappa shape index (κ1) is 21.8. The van der Waals surface area contributed by atoms with Crippen LogP contribution in [0.1, 0.15) is 30.9 Å². The van der Waals surface area contributed by atoms with Gasteiger partial charge in [-0.3, -0.25) is 4.90 Å². The molecule has 4 nitrogen and oxygen atoms in total. The van der Waals surface area contributed by atoms with Crippen LogP contribution in [0.3, 0.4) is 0 Å². The molecule has 1 saturated carbocycles. The Morgan fingerprint density at radius 1 is 1.12 bits per heavy atom. The van der Waals surface area contributed by atoms with Gasteiger partial charge in [0.25, 0.3) is 0 Å². The lowest BCUT2D eigenvalue weighted by Gasteiger charge is -2.36. The molecule has 0 unspecified atom stereocenters. The van der Waals surface area contributed by atoms with Crippen LogP contribution in [-0.4, -0.2) is 45.3 Å². The standard InChI is InChI=1S/C17H25BrN2O2.2ClH/c1-21-16-10-13(14(18)11-17(16)22-2)15(9-12-3-4-12)20-7-5-19-6-8-20;;/h10-12,15,19H,3-9H2,1-2H3;2*1H/t15-;;/m1../s1. The molecule has 0 spiro atoms. The van der Waals surface area contributed by atoms with Crippen LogP contribution < -0.4 is 14.8 Å². The maximum absolute atomic E-state index is 5.51. The minimum Gasteiger partial charge on any atom is -0.493 e. The van der Waals surface area contributed by atoms with Crippen molar-refractivity contribution in [2.24, 2.45) is 5.92 Å². The van der Waals surface area contributed by atoms with Gasteiger partial charge in [0.2, 0.25) is 0 Å². The van der Waals surface area contributed by atoms with E-state index >= 15 is 0 Å². The van der Waals surface area contributed by atoms with Gasteiger partial charge in [0.1, 0.15) is 0 Å². The monoisotopic (exact) mass is 440 g/mol. The lowest BCUT2D eigenvalue weighted by molar-refractivity contribution is 0.159. The molecule has 1 saturated heterocycles. The van der Waals surface area contributed by atoms with Gasteiger partial charge in [-0.1, -0.05) is 28.8 Å². The summed E-state index contributed by atoms with van der Waals surface area (Å²) in [5.74, 6) is 2.49. The Morgan fingerprint density at radius 2 is 1.71 bits per heavy atom. The minimum atomic E-state index is 0. The zero-order valence-corrected chi connectivity index (χ0v) is 17.4. The average Bonchev–Trinajstić information content (AvgIpc) is 3.37. The maximum atomic E-state index is 5.51. The maximum Gasteiger partial charge on any atom is 0.161 e. The zero-order chi connectivity index (χ0) is 15.5. The molecular weight excluding hydrogens is 415 g/mol. The molecule has 2 aliphatic rings. The van der Waals surface area contributed by atoms with Gasteiger partial charge < -0.3 is 14.8 Å². The van der Waals surface area contributed by atoms with E-state index in [-0.39, 0.29) is 24.8 Å². The fourth-order valence-corrected chi connectivity index (χ4v) is 3.85. The van der Waals surface area contributed by atoms with E-state index in [4.69, 9.17) is 9.47 Å². The van der Waals surface area contributed by atoms with Gasteiger partial charge in [0.15, 0.2) is 11.5 Å². The fraction of sp³-hybridized carbons (Fsp3) is 0.647. The average molecular weight is 442 g/mol. The molecule has 3 rings (SSSR count). The first-order chi connectivity index (χ1) is 10.7. The van der Waals surface area contributed by atoms with E-state index in [1.165, 1.54) is 24.8 Å². The topological polar surface area (TPSA) is 33.7 Å². The van der Waals surface area contributed by atoms with Gasteiger partial charge in [-0.05, 0) is 30.0 Å². The van der Waals surface area contributed by atoms with Crippen LogP contribution >= 0.6 is 40.7 Å². The van der Waals surface area contributed by atoms with E-state index in [1.807, 2.05) is 6.07 Å².